The third kappa shape index (κ3) is 4.11. The molecule has 0 aromatic heterocycles. The summed E-state index contributed by atoms with van der Waals surface area (Å²) in [6, 6.07) is 12.2. The van der Waals surface area contributed by atoms with Gasteiger partial charge in [0.15, 0.2) is 11.5 Å². The molecule has 4 heteroatoms. The Morgan fingerprint density at radius 2 is 1.90 bits per heavy atom. The summed E-state index contributed by atoms with van der Waals surface area (Å²) in [5.74, 6) is -0.612. The fourth-order valence-corrected chi connectivity index (χ4v) is 1.87. The van der Waals surface area contributed by atoms with Crippen LogP contribution in [0.2, 0.25) is 0 Å². The minimum atomic E-state index is -0.217. The number of nitrogens with one attached hydrogen (secondary N) is 1. The molecule has 0 aliphatic heterocycles. The van der Waals surface area contributed by atoms with Crippen molar-refractivity contribution < 1.29 is 15.0 Å². The number of amides is 1. The molecule has 0 bridgehead atoms. The zero-order valence-corrected chi connectivity index (χ0v) is 11.7. The summed E-state index contributed by atoms with van der Waals surface area (Å²) in [5.41, 5.74) is 2.84. The van der Waals surface area contributed by atoms with E-state index in [1.807, 2.05) is 31.2 Å². The number of hydrogen-bond donors (Lipinski definition) is 3. The number of carbonyl (C=O) groups is 1. The van der Waals surface area contributed by atoms with Crippen LogP contribution in [0, 0.1) is 6.92 Å². The molecule has 0 fully saturated rings. The molecule has 0 aliphatic carbocycles. The molecule has 3 N–H and O–H groups in total. The third-order valence-electron chi connectivity index (χ3n) is 3.14. The van der Waals surface area contributed by atoms with Gasteiger partial charge in [0.25, 0.3) is 0 Å². The van der Waals surface area contributed by atoms with Crippen molar-refractivity contribution in [1.29, 1.82) is 0 Å². The monoisotopic (exact) mass is 283 g/mol. The summed E-state index contributed by atoms with van der Waals surface area (Å²) in [5, 5.41) is 21.4. The van der Waals surface area contributed by atoms with Crippen LogP contribution in [0.15, 0.2) is 48.5 Å². The van der Waals surface area contributed by atoms with E-state index >= 15 is 0 Å². The lowest BCUT2D eigenvalue weighted by Crippen LogP contribution is -2.20. The fourth-order valence-electron chi connectivity index (χ4n) is 1.87. The van der Waals surface area contributed by atoms with E-state index in [0.29, 0.717) is 12.1 Å². The molecule has 0 radical (unpaired) electrons. The highest BCUT2D eigenvalue weighted by Crippen LogP contribution is 2.25. The van der Waals surface area contributed by atoms with Gasteiger partial charge in [0, 0.05) is 12.6 Å². The molecule has 0 saturated carbocycles. The number of hydrogen-bond acceptors (Lipinski definition) is 3. The molecule has 1 amide bonds. The van der Waals surface area contributed by atoms with Gasteiger partial charge >= 0.3 is 0 Å². The van der Waals surface area contributed by atoms with Gasteiger partial charge in [-0.25, -0.2) is 0 Å². The highest BCUT2D eigenvalue weighted by molar-refractivity contribution is 5.91. The largest absolute Gasteiger partial charge is 0.504 e. The molecule has 21 heavy (non-hydrogen) atoms. The Morgan fingerprint density at radius 3 is 2.62 bits per heavy atom. The molecule has 0 heterocycles. The van der Waals surface area contributed by atoms with Gasteiger partial charge in [-0.1, -0.05) is 30.3 Å². The Morgan fingerprint density at radius 1 is 1.14 bits per heavy atom. The summed E-state index contributed by atoms with van der Waals surface area (Å²) in [6.45, 7) is 2.47. The molecule has 0 aliphatic rings. The number of rotatable bonds is 4. The van der Waals surface area contributed by atoms with Crippen molar-refractivity contribution in [2.45, 2.75) is 13.5 Å². The SMILES string of the molecule is Cc1ccccc1CNC(=O)/C=C/c1ccc(O)c(O)c1. The quantitative estimate of drug-likeness (QED) is 0.597. The first-order valence-electron chi connectivity index (χ1n) is 6.58. The van der Waals surface area contributed by atoms with E-state index in [1.54, 1.807) is 12.1 Å². The number of phenolic OH excluding ortho intramolecular Hbond substituents is 2. The fraction of sp³-hybridized carbons (Fsp3) is 0.118. The molecule has 2 aromatic carbocycles. The van der Waals surface area contributed by atoms with Crippen molar-refractivity contribution in [3.63, 3.8) is 0 Å². The average Bonchev–Trinajstić information content (AvgIpc) is 2.47. The predicted molar refractivity (Wildman–Crippen MR) is 81.8 cm³/mol. The molecule has 0 saturated heterocycles. The van der Waals surface area contributed by atoms with Crippen LogP contribution in [0.1, 0.15) is 16.7 Å². The summed E-state index contributed by atoms with van der Waals surface area (Å²) < 4.78 is 0. The lowest BCUT2D eigenvalue weighted by molar-refractivity contribution is -0.116. The van der Waals surface area contributed by atoms with E-state index in [9.17, 15) is 15.0 Å². The van der Waals surface area contributed by atoms with E-state index in [0.717, 1.165) is 11.1 Å². The Kier molecular flexibility index (Phi) is 4.61. The maximum absolute atomic E-state index is 11.7. The maximum Gasteiger partial charge on any atom is 0.244 e. The van der Waals surface area contributed by atoms with Gasteiger partial charge < -0.3 is 15.5 Å². The third-order valence-corrected chi connectivity index (χ3v) is 3.14. The van der Waals surface area contributed by atoms with Crippen molar-refractivity contribution in [3.8, 4) is 11.5 Å². The first kappa shape index (κ1) is 14.7. The molecule has 0 atom stereocenters. The second-order valence-corrected chi connectivity index (χ2v) is 4.73. The number of aromatic hydroxyl groups is 2. The number of aryl methyl sites for hydroxylation is 1. The van der Waals surface area contributed by atoms with Crippen molar-refractivity contribution in [1.82, 2.24) is 5.32 Å². The molecule has 2 aromatic rings. The average molecular weight is 283 g/mol. The van der Waals surface area contributed by atoms with Crippen molar-refractivity contribution in [3.05, 3.63) is 65.2 Å². The van der Waals surface area contributed by atoms with E-state index in [1.165, 1.54) is 18.2 Å². The molecular formula is C17H17NO3. The first-order chi connectivity index (χ1) is 10.1. The van der Waals surface area contributed by atoms with Crippen molar-refractivity contribution >= 4 is 12.0 Å². The minimum absolute atomic E-state index is 0.184. The smallest absolute Gasteiger partial charge is 0.244 e. The lowest BCUT2D eigenvalue weighted by Gasteiger charge is -2.05. The van der Waals surface area contributed by atoms with Crippen LogP contribution in [0.25, 0.3) is 6.08 Å². The summed E-state index contributed by atoms with van der Waals surface area (Å²) in [6.07, 6.45) is 2.97. The second kappa shape index (κ2) is 6.61. The van der Waals surface area contributed by atoms with Gasteiger partial charge in [0.05, 0.1) is 0 Å². The van der Waals surface area contributed by atoms with Crippen LogP contribution in [-0.2, 0) is 11.3 Å². The van der Waals surface area contributed by atoms with Gasteiger partial charge in [-0.3, -0.25) is 4.79 Å². The molecular weight excluding hydrogens is 266 g/mol. The molecule has 0 spiro atoms. The Hall–Kier alpha value is -2.75. The van der Waals surface area contributed by atoms with Gasteiger partial charge in [-0.05, 0) is 41.8 Å². The lowest BCUT2D eigenvalue weighted by atomic mass is 10.1. The highest BCUT2D eigenvalue weighted by Gasteiger charge is 2.01. The van der Waals surface area contributed by atoms with E-state index in [-0.39, 0.29) is 17.4 Å². The zero-order valence-electron chi connectivity index (χ0n) is 11.7. The van der Waals surface area contributed by atoms with Crippen LogP contribution in [0.3, 0.4) is 0 Å². The van der Waals surface area contributed by atoms with Crippen LogP contribution in [-0.4, -0.2) is 16.1 Å². The van der Waals surface area contributed by atoms with Crippen LogP contribution in [0.5, 0.6) is 11.5 Å². The summed E-state index contributed by atoms with van der Waals surface area (Å²) in [4.78, 5) is 11.7. The minimum Gasteiger partial charge on any atom is -0.504 e. The normalized spacial score (nSPS) is 10.7. The van der Waals surface area contributed by atoms with Gasteiger partial charge in [0.1, 0.15) is 0 Å². The Labute approximate surface area is 123 Å². The van der Waals surface area contributed by atoms with Gasteiger partial charge in [-0.15, -0.1) is 0 Å². The maximum atomic E-state index is 11.7. The van der Waals surface area contributed by atoms with Gasteiger partial charge in [0.2, 0.25) is 5.91 Å². The molecule has 2 rings (SSSR count). The first-order valence-corrected chi connectivity index (χ1v) is 6.58. The standard InChI is InChI=1S/C17H17NO3/c1-12-4-2-3-5-14(12)11-18-17(21)9-7-13-6-8-15(19)16(20)10-13/h2-10,19-20H,11H2,1H3,(H,18,21)/b9-7+. The summed E-state index contributed by atoms with van der Waals surface area (Å²) in [7, 11) is 0. The Bertz CT molecular complexity index is 677. The van der Waals surface area contributed by atoms with E-state index in [4.69, 9.17) is 0 Å². The molecule has 108 valence electrons. The van der Waals surface area contributed by atoms with E-state index in [2.05, 4.69) is 5.32 Å². The number of phenols is 2. The molecule has 0 unspecified atom stereocenters. The van der Waals surface area contributed by atoms with E-state index < -0.39 is 0 Å². The highest BCUT2D eigenvalue weighted by atomic mass is 16.3. The number of benzene rings is 2. The van der Waals surface area contributed by atoms with Crippen LogP contribution in [0.4, 0.5) is 0 Å². The Balaban J connectivity index is 1.94. The van der Waals surface area contributed by atoms with Crippen molar-refractivity contribution in [2.75, 3.05) is 0 Å². The predicted octanol–water partition coefficient (Wildman–Crippen LogP) is 2.74. The van der Waals surface area contributed by atoms with Gasteiger partial charge in [-0.2, -0.15) is 0 Å². The summed E-state index contributed by atoms with van der Waals surface area (Å²) >= 11 is 0. The topological polar surface area (TPSA) is 69.6 Å². The zero-order chi connectivity index (χ0) is 15.2. The second-order valence-electron chi connectivity index (χ2n) is 4.73. The van der Waals surface area contributed by atoms with Crippen LogP contribution < -0.4 is 5.32 Å². The number of carbonyl (C=O) groups excluding carboxylic acids is 1. The van der Waals surface area contributed by atoms with Crippen LogP contribution >= 0.6 is 0 Å². The van der Waals surface area contributed by atoms with Crippen molar-refractivity contribution in [2.24, 2.45) is 0 Å². The molecule has 4 nitrogen and oxygen atoms in total.